The third-order valence-corrected chi connectivity index (χ3v) is 3.07. The molecule has 15 heavy (non-hydrogen) atoms. The van der Waals surface area contributed by atoms with Crippen LogP contribution in [-0.4, -0.2) is 55.4 Å². The summed E-state index contributed by atoms with van der Waals surface area (Å²) < 4.78 is 0. The van der Waals surface area contributed by atoms with E-state index in [1.54, 1.807) is 0 Å². The van der Waals surface area contributed by atoms with E-state index in [9.17, 15) is 0 Å². The zero-order chi connectivity index (χ0) is 11.5. The van der Waals surface area contributed by atoms with Gasteiger partial charge in [0.15, 0.2) is 0 Å². The van der Waals surface area contributed by atoms with E-state index in [-0.39, 0.29) is 0 Å². The molecule has 3 heteroatoms. The van der Waals surface area contributed by atoms with E-state index in [2.05, 4.69) is 46.7 Å². The second kappa shape index (κ2) is 10.9. The first kappa shape index (κ1) is 15.4. The largest absolute Gasteiger partial charge is 0.308 e. The maximum absolute atomic E-state index is 3.48. The Balaban J connectivity index is 3.53. The van der Waals surface area contributed by atoms with Gasteiger partial charge in [0.2, 0.25) is 0 Å². The number of alkyl halides is 1. The minimum absolute atomic E-state index is 1.15. The van der Waals surface area contributed by atoms with Crippen LogP contribution in [0.4, 0.5) is 0 Å². The highest BCUT2D eigenvalue weighted by atomic mass is 79.9. The molecule has 0 saturated heterocycles. The monoisotopic (exact) mass is 278 g/mol. The van der Waals surface area contributed by atoms with E-state index in [0.717, 1.165) is 5.33 Å². The fourth-order valence-corrected chi connectivity index (χ4v) is 2.00. The van der Waals surface area contributed by atoms with Crippen molar-refractivity contribution in [1.29, 1.82) is 0 Å². The zero-order valence-electron chi connectivity index (χ0n) is 10.6. The topological polar surface area (TPSA) is 6.48 Å². The quantitative estimate of drug-likeness (QED) is 0.448. The molecule has 0 N–H and O–H groups in total. The Morgan fingerprint density at radius 3 is 2.13 bits per heavy atom. The lowest BCUT2D eigenvalue weighted by atomic mass is 10.2. The van der Waals surface area contributed by atoms with Gasteiger partial charge >= 0.3 is 0 Å². The molecule has 2 nitrogen and oxygen atoms in total. The Morgan fingerprint density at radius 1 is 0.867 bits per heavy atom. The van der Waals surface area contributed by atoms with Crippen LogP contribution in [-0.2, 0) is 0 Å². The van der Waals surface area contributed by atoms with Gasteiger partial charge in [0, 0.05) is 18.4 Å². The number of nitrogens with zero attached hydrogens (tertiary/aromatic N) is 2. The lowest BCUT2D eigenvalue weighted by Crippen LogP contribution is -2.33. The molecule has 0 radical (unpaired) electrons. The molecule has 0 spiro atoms. The highest BCUT2D eigenvalue weighted by molar-refractivity contribution is 9.09. The zero-order valence-corrected chi connectivity index (χ0v) is 12.2. The number of likely N-dealkylation sites (N-methyl/N-ethyl adjacent to an activating group) is 1. The Labute approximate surface area is 104 Å². The lowest BCUT2D eigenvalue weighted by molar-refractivity contribution is 0.237. The number of hydrogen-bond acceptors (Lipinski definition) is 2. The van der Waals surface area contributed by atoms with E-state index in [1.165, 1.54) is 51.9 Å². The van der Waals surface area contributed by atoms with Gasteiger partial charge in [-0.2, -0.15) is 0 Å². The van der Waals surface area contributed by atoms with Crippen LogP contribution in [0.2, 0.25) is 0 Å². The van der Waals surface area contributed by atoms with Crippen molar-refractivity contribution in [2.75, 3.05) is 45.6 Å². The summed E-state index contributed by atoms with van der Waals surface area (Å²) in [4.78, 5) is 4.86. The summed E-state index contributed by atoms with van der Waals surface area (Å²) in [6.45, 7) is 7.19. The van der Waals surface area contributed by atoms with Gasteiger partial charge in [-0.05, 0) is 46.4 Å². The molecular weight excluding hydrogens is 252 g/mol. The van der Waals surface area contributed by atoms with Crippen molar-refractivity contribution in [1.82, 2.24) is 9.80 Å². The third kappa shape index (κ3) is 10.7. The summed E-state index contributed by atoms with van der Waals surface area (Å²) in [5.41, 5.74) is 0. The lowest BCUT2D eigenvalue weighted by Gasteiger charge is -2.23. The predicted molar refractivity (Wildman–Crippen MR) is 72.9 cm³/mol. The molecule has 0 aliphatic rings. The molecule has 0 atom stereocenters. The molecule has 0 amide bonds. The second-order valence-electron chi connectivity index (χ2n) is 4.39. The van der Waals surface area contributed by atoms with Crippen LogP contribution in [0.15, 0.2) is 0 Å². The van der Waals surface area contributed by atoms with Crippen LogP contribution >= 0.6 is 15.9 Å². The number of halogens is 1. The van der Waals surface area contributed by atoms with Gasteiger partial charge in [0.1, 0.15) is 0 Å². The molecule has 0 rings (SSSR count). The van der Waals surface area contributed by atoms with E-state index < -0.39 is 0 Å². The van der Waals surface area contributed by atoms with Crippen molar-refractivity contribution in [3.63, 3.8) is 0 Å². The van der Waals surface area contributed by atoms with Crippen LogP contribution in [0.25, 0.3) is 0 Å². The van der Waals surface area contributed by atoms with Crippen molar-refractivity contribution in [2.24, 2.45) is 0 Å². The van der Waals surface area contributed by atoms with Crippen molar-refractivity contribution in [3.05, 3.63) is 0 Å². The minimum atomic E-state index is 1.15. The van der Waals surface area contributed by atoms with Crippen molar-refractivity contribution in [2.45, 2.75) is 32.6 Å². The molecular formula is C12H27BrN2. The van der Waals surface area contributed by atoms with Gasteiger partial charge in [0.25, 0.3) is 0 Å². The Hall–Kier alpha value is 0.400. The summed E-state index contributed by atoms with van der Waals surface area (Å²) >= 11 is 3.48. The molecule has 0 aliphatic carbocycles. The van der Waals surface area contributed by atoms with Crippen molar-refractivity contribution in [3.8, 4) is 0 Å². The molecule has 0 fully saturated rings. The molecule has 92 valence electrons. The predicted octanol–water partition coefficient (Wildman–Crippen LogP) is 2.83. The first-order chi connectivity index (χ1) is 7.20. The van der Waals surface area contributed by atoms with Crippen molar-refractivity contribution >= 4 is 15.9 Å². The van der Waals surface area contributed by atoms with Crippen LogP contribution in [0.1, 0.15) is 32.6 Å². The Bertz CT molecular complexity index is 129. The summed E-state index contributed by atoms with van der Waals surface area (Å²) in [5, 5.41) is 1.15. The second-order valence-corrected chi connectivity index (χ2v) is 5.19. The molecule has 0 aromatic carbocycles. The molecule has 0 aromatic rings. The molecule has 0 heterocycles. The van der Waals surface area contributed by atoms with E-state index in [0.29, 0.717) is 0 Å². The normalized spacial score (nSPS) is 11.6. The highest BCUT2D eigenvalue weighted by Gasteiger charge is 2.03. The van der Waals surface area contributed by atoms with Gasteiger partial charge < -0.3 is 9.80 Å². The van der Waals surface area contributed by atoms with Crippen LogP contribution < -0.4 is 0 Å². The number of unbranched alkanes of at least 4 members (excludes halogenated alkanes) is 2. The van der Waals surface area contributed by atoms with E-state index in [1.807, 2.05) is 0 Å². The van der Waals surface area contributed by atoms with E-state index >= 15 is 0 Å². The van der Waals surface area contributed by atoms with E-state index in [4.69, 9.17) is 0 Å². The highest BCUT2D eigenvalue weighted by Crippen LogP contribution is 2.02. The molecule has 0 saturated carbocycles. The van der Waals surface area contributed by atoms with Crippen LogP contribution in [0, 0.1) is 0 Å². The minimum Gasteiger partial charge on any atom is -0.308 e. The van der Waals surface area contributed by atoms with Crippen LogP contribution in [0.3, 0.4) is 0 Å². The van der Waals surface area contributed by atoms with Gasteiger partial charge in [-0.1, -0.05) is 29.3 Å². The first-order valence-electron chi connectivity index (χ1n) is 6.13. The van der Waals surface area contributed by atoms with Crippen LogP contribution in [0.5, 0.6) is 0 Å². The number of hydrogen-bond donors (Lipinski definition) is 0. The standard InChI is InChI=1S/C12H27BrN2/c1-4-9-15(12-11-14(2)3)10-7-5-6-8-13/h4-12H2,1-3H3. The molecule has 0 aliphatic heterocycles. The maximum Gasteiger partial charge on any atom is 0.0109 e. The fraction of sp³-hybridized carbons (Fsp3) is 1.00. The Kier molecular flexibility index (Phi) is 11.2. The summed E-state index contributed by atoms with van der Waals surface area (Å²) in [6, 6.07) is 0. The van der Waals surface area contributed by atoms with Crippen molar-refractivity contribution < 1.29 is 0 Å². The smallest absolute Gasteiger partial charge is 0.0109 e. The summed E-state index contributed by atoms with van der Waals surface area (Å²) in [6.07, 6.45) is 5.28. The van der Waals surface area contributed by atoms with Gasteiger partial charge in [-0.3, -0.25) is 0 Å². The number of rotatable bonds is 10. The van der Waals surface area contributed by atoms with Gasteiger partial charge in [-0.15, -0.1) is 0 Å². The van der Waals surface area contributed by atoms with Gasteiger partial charge in [-0.25, -0.2) is 0 Å². The van der Waals surface area contributed by atoms with Gasteiger partial charge in [0.05, 0.1) is 0 Å². The molecule has 0 aromatic heterocycles. The average Bonchev–Trinajstić information content (AvgIpc) is 2.20. The Morgan fingerprint density at radius 2 is 1.60 bits per heavy atom. The average molecular weight is 279 g/mol. The summed E-state index contributed by atoms with van der Waals surface area (Å²) in [7, 11) is 4.30. The molecule has 0 unspecified atom stereocenters. The maximum atomic E-state index is 3.48. The first-order valence-corrected chi connectivity index (χ1v) is 7.26. The molecule has 0 bridgehead atoms. The summed E-state index contributed by atoms with van der Waals surface area (Å²) in [5.74, 6) is 0. The SMILES string of the molecule is CCCN(CCCCCBr)CCN(C)C. The fourth-order valence-electron chi connectivity index (χ4n) is 1.60. The third-order valence-electron chi connectivity index (χ3n) is 2.51.